The van der Waals surface area contributed by atoms with Crippen molar-refractivity contribution in [1.29, 1.82) is 0 Å². The predicted octanol–water partition coefficient (Wildman–Crippen LogP) is 4.08. The zero-order chi connectivity index (χ0) is 15.1. The molecule has 1 aliphatic rings. The quantitative estimate of drug-likeness (QED) is 0.704. The topological polar surface area (TPSA) is 30.5 Å². The second kappa shape index (κ2) is 8.40. The zero-order valence-electron chi connectivity index (χ0n) is 13.6. The summed E-state index contributed by atoms with van der Waals surface area (Å²) < 4.78 is 11.7. The number of rotatable bonds is 10. The van der Waals surface area contributed by atoms with E-state index in [4.69, 9.17) is 9.47 Å². The van der Waals surface area contributed by atoms with Crippen molar-refractivity contribution in [3.05, 3.63) is 29.8 Å². The van der Waals surface area contributed by atoms with Crippen molar-refractivity contribution < 1.29 is 9.47 Å². The number of ether oxygens (including phenoxy) is 2. The molecule has 21 heavy (non-hydrogen) atoms. The molecule has 3 heteroatoms. The molecule has 1 aliphatic carbocycles. The third kappa shape index (κ3) is 5.01. The van der Waals surface area contributed by atoms with Crippen molar-refractivity contribution in [2.24, 2.45) is 0 Å². The summed E-state index contributed by atoms with van der Waals surface area (Å²) in [4.78, 5) is 0. The number of hydrogen-bond acceptors (Lipinski definition) is 3. The Bertz CT molecular complexity index is 417. The minimum atomic E-state index is 0.206. The Morgan fingerprint density at radius 3 is 2.67 bits per heavy atom. The summed E-state index contributed by atoms with van der Waals surface area (Å²) in [5, 5.41) is 3.64. The standard InChI is InChI=1S/C18H29NO2/c1-4-7-17(20-3)18(19-12-5-2)14-8-6-9-16(13-14)21-15-10-11-15/h6,8-9,13,15,17-19H,4-5,7,10-12H2,1-3H3. The molecule has 2 atom stereocenters. The first-order valence-electron chi connectivity index (χ1n) is 8.31. The number of hydrogen-bond donors (Lipinski definition) is 1. The Labute approximate surface area is 129 Å². The van der Waals surface area contributed by atoms with E-state index in [-0.39, 0.29) is 12.1 Å². The molecule has 1 N–H and O–H groups in total. The summed E-state index contributed by atoms with van der Waals surface area (Å²) in [6.45, 7) is 5.40. The minimum absolute atomic E-state index is 0.206. The summed E-state index contributed by atoms with van der Waals surface area (Å²) in [5.74, 6) is 0.990. The van der Waals surface area contributed by atoms with E-state index < -0.39 is 0 Å². The van der Waals surface area contributed by atoms with Gasteiger partial charge in [0.15, 0.2) is 0 Å². The summed E-state index contributed by atoms with van der Waals surface area (Å²) in [6, 6.07) is 8.73. The molecule has 0 aliphatic heterocycles. The molecule has 118 valence electrons. The van der Waals surface area contributed by atoms with E-state index in [1.807, 2.05) is 7.11 Å². The second-order valence-electron chi connectivity index (χ2n) is 5.88. The fourth-order valence-corrected chi connectivity index (χ4v) is 2.63. The minimum Gasteiger partial charge on any atom is -0.490 e. The molecule has 1 fully saturated rings. The molecule has 1 aromatic carbocycles. The van der Waals surface area contributed by atoms with Crippen LogP contribution in [0.3, 0.4) is 0 Å². The first kappa shape index (κ1) is 16.3. The van der Waals surface area contributed by atoms with Gasteiger partial charge < -0.3 is 14.8 Å². The van der Waals surface area contributed by atoms with Crippen LogP contribution in [-0.4, -0.2) is 25.9 Å². The van der Waals surface area contributed by atoms with Gasteiger partial charge in [0.2, 0.25) is 0 Å². The van der Waals surface area contributed by atoms with Crippen LogP contribution in [0, 0.1) is 0 Å². The maximum Gasteiger partial charge on any atom is 0.120 e. The van der Waals surface area contributed by atoms with Crippen molar-refractivity contribution in [3.8, 4) is 5.75 Å². The van der Waals surface area contributed by atoms with Crippen molar-refractivity contribution in [2.75, 3.05) is 13.7 Å². The highest BCUT2D eigenvalue weighted by atomic mass is 16.5. The monoisotopic (exact) mass is 291 g/mol. The molecule has 0 bridgehead atoms. The third-order valence-corrected chi connectivity index (χ3v) is 3.91. The van der Waals surface area contributed by atoms with Gasteiger partial charge in [-0.3, -0.25) is 0 Å². The van der Waals surface area contributed by atoms with Crippen molar-refractivity contribution in [1.82, 2.24) is 5.32 Å². The first-order valence-corrected chi connectivity index (χ1v) is 8.31. The summed E-state index contributed by atoms with van der Waals surface area (Å²) in [6.07, 6.45) is 6.34. The van der Waals surface area contributed by atoms with Crippen LogP contribution in [0.2, 0.25) is 0 Å². The van der Waals surface area contributed by atoms with Crippen LogP contribution in [0.5, 0.6) is 5.75 Å². The molecule has 0 amide bonds. The van der Waals surface area contributed by atoms with Gasteiger partial charge in [-0.1, -0.05) is 32.4 Å². The van der Waals surface area contributed by atoms with E-state index in [2.05, 4.69) is 43.4 Å². The molecule has 2 unspecified atom stereocenters. The molecular weight excluding hydrogens is 262 g/mol. The smallest absolute Gasteiger partial charge is 0.120 e. The fourth-order valence-electron chi connectivity index (χ4n) is 2.63. The average molecular weight is 291 g/mol. The van der Waals surface area contributed by atoms with E-state index in [1.165, 1.54) is 18.4 Å². The first-order chi connectivity index (χ1) is 10.3. The molecule has 1 aromatic rings. The lowest BCUT2D eigenvalue weighted by Crippen LogP contribution is -2.33. The SMILES string of the molecule is CCCNC(c1cccc(OC2CC2)c1)C(CCC)OC. The Kier molecular flexibility index (Phi) is 6.52. The summed E-state index contributed by atoms with van der Waals surface area (Å²) in [7, 11) is 1.81. The molecule has 0 spiro atoms. The van der Waals surface area contributed by atoms with Gasteiger partial charge in [0.05, 0.1) is 18.2 Å². The third-order valence-electron chi connectivity index (χ3n) is 3.91. The van der Waals surface area contributed by atoms with Crippen LogP contribution >= 0.6 is 0 Å². The van der Waals surface area contributed by atoms with Crippen LogP contribution in [-0.2, 0) is 4.74 Å². The van der Waals surface area contributed by atoms with Gasteiger partial charge in [-0.05, 0) is 49.9 Å². The Balaban J connectivity index is 2.12. The van der Waals surface area contributed by atoms with E-state index in [0.717, 1.165) is 31.6 Å². The van der Waals surface area contributed by atoms with E-state index >= 15 is 0 Å². The van der Waals surface area contributed by atoms with Crippen LogP contribution in [0.4, 0.5) is 0 Å². The Hall–Kier alpha value is -1.06. The van der Waals surface area contributed by atoms with Gasteiger partial charge >= 0.3 is 0 Å². The number of benzene rings is 1. The molecule has 3 nitrogen and oxygen atoms in total. The zero-order valence-corrected chi connectivity index (χ0v) is 13.6. The van der Waals surface area contributed by atoms with Crippen LogP contribution in [0.25, 0.3) is 0 Å². The highest BCUT2D eigenvalue weighted by molar-refractivity contribution is 5.31. The van der Waals surface area contributed by atoms with Crippen molar-refractivity contribution in [3.63, 3.8) is 0 Å². The van der Waals surface area contributed by atoms with Crippen LogP contribution < -0.4 is 10.1 Å². The van der Waals surface area contributed by atoms with Gasteiger partial charge in [0.1, 0.15) is 5.75 Å². The molecule has 0 aromatic heterocycles. The van der Waals surface area contributed by atoms with Gasteiger partial charge in [-0.25, -0.2) is 0 Å². The van der Waals surface area contributed by atoms with Gasteiger partial charge in [-0.15, -0.1) is 0 Å². The largest absolute Gasteiger partial charge is 0.490 e. The summed E-state index contributed by atoms with van der Waals surface area (Å²) >= 11 is 0. The Morgan fingerprint density at radius 2 is 2.05 bits per heavy atom. The summed E-state index contributed by atoms with van der Waals surface area (Å²) in [5.41, 5.74) is 1.27. The normalized spacial score (nSPS) is 17.5. The lowest BCUT2D eigenvalue weighted by atomic mass is 9.97. The van der Waals surface area contributed by atoms with E-state index in [1.54, 1.807) is 0 Å². The van der Waals surface area contributed by atoms with Crippen LogP contribution in [0.1, 0.15) is 57.6 Å². The molecule has 0 saturated heterocycles. The molecular formula is C18H29NO2. The molecule has 0 radical (unpaired) electrons. The highest BCUT2D eigenvalue weighted by Gasteiger charge is 2.25. The van der Waals surface area contributed by atoms with Crippen molar-refractivity contribution in [2.45, 2.75) is 64.2 Å². The van der Waals surface area contributed by atoms with E-state index in [9.17, 15) is 0 Å². The maximum absolute atomic E-state index is 5.93. The Morgan fingerprint density at radius 1 is 1.24 bits per heavy atom. The molecule has 0 heterocycles. The predicted molar refractivity (Wildman–Crippen MR) is 86.8 cm³/mol. The number of methoxy groups -OCH3 is 1. The highest BCUT2D eigenvalue weighted by Crippen LogP contribution is 2.30. The van der Waals surface area contributed by atoms with E-state index in [0.29, 0.717) is 6.10 Å². The maximum atomic E-state index is 5.93. The molecule has 2 rings (SSSR count). The molecule has 1 saturated carbocycles. The fraction of sp³-hybridized carbons (Fsp3) is 0.667. The van der Waals surface area contributed by atoms with Crippen molar-refractivity contribution >= 4 is 0 Å². The average Bonchev–Trinajstić information content (AvgIpc) is 3.31. The van der Waals surface area contributed by atoms with Gasteiger partial charge in [0.25, 0.3) is 0 Å². The number of nitrogens with one attached hydrogen (secondary N) is 1. The lowest BCUT2D eigenvalue weighted by molar-refractivity contribution is 0.0605. The van der Waals surface area contributed by atoms with Gasteiger partial charge in [-0.2, -0.15) is 0 Å². The van der Waals surface area contributed by atoms with Gasteiger partial charge in [0, 0.05) is 7.11 Å². The second-order valence-corrected chi connectivity index (χ2v) is 5.88. The lowest BCUT2D eigenvalue weighted by Gasteiger charge is -2.27. The van der Waals surface area contributed by atoms with Crippen LogP contribution in [0.15, 0.2) is 24.3 Å².